The third-order valence-electron chi connectivity index (χ3n) is 6.28. The maximum atomic E-state index is 12.1. The topological polar surface area (TPSA) is 202 Å². The molecule has 0 spiro atoms. The first-order valence-electron chi connectivity index (χ1n) is 13.1. The highest BCUT2D eigenvalue weighted by Crippen LogP contribution is 2.23. The summed E-state index contributed by atoms with van der Waals surface area (Å²) in [4.78, 5) is 27.8. The van der Waals surface area contributed by atoms with Gasteiger partial charge in [0.25, 0.3) is 0 Å². The van der Waals surface area contributed by atoms with E-state index in [1.54, 1.807) is 86.9 Å². The highest BCUT2D eigenvalue weighted by atomic mass is 16.5. The Morgan fingerprint density at radius 1 is 0.568 bits per heavy atom. The number of anilines is 2. The van der Waals surface area contributed by atoms with E-state index < -0.39 is 11.9 Å². The summed E-state index contributed by atoms with van der Waals surface area (Å²) in [6.07, 6.45) is -0.278. The second-order valence-electron chi connectivity index (χ2n) is 9.05. The molecule has 0 aliphatic heterocycles. The molecule has 0 aromatic heterocycles. The van der Waals surface area contributed by atoms with Gasteiger partial charge in [-0.2, -0.15) is 31.6 Å². The van der Waals surface area contributed by atoms with Crippen LogP contribution in [0.5, 0.6) is 0 Å². The molecule has 0 radical (unpaired) electrons. The molecule has 0 unspecified atom stereocenters. The average Bonchev–Trinajstić information content (AvgIpc) is 3.05. The Kier molecular flexibility index (Phi) is 13.2. The van der Waals surface area contributed by atoms with Gasteiger partial charge in [0.2, 0.25) is 0 Å². The zero-order valence-corrected chi connectivity index (χ0v) is 24.1. The number of hydrogen-bond donors (Lipinski definition) is 0. The Bertz CT molecular complexity index is 1520. The molecule has 0 amide bonds. The number of ether oxygens (including phenoxy) is 2. The second-order valence-corrected chi connectivity index (χ2v) is 9.05. The molecule has 2 rings (SSSR count). The minimum atomic E-state index is -0.547. The molecule has 12 heteroatoms. The molecule has 0 N–H and O–H groups in total. The van der Waals surface area contributed by atoms with Crippen LogP contribution < -0.4 is 9.80 Å². The van der Waals surface area contributed by atoms with Gasteiger partial charge in [0.1, 0.15) is 60.8 Å². The van der Waals surface area contributed by atoms with Crippen LogP contribution in [0.1, 0.15) is 24.0 Å². The maximum absolute atomic E-state index is 12.1. The van der Waals surface area contributed by atoms with Crippen molar-refractivity contribution in [3.05, 3.63) is 70.8 Å². The molecule has 2 aromatic rings. The summed E-state index contributed by atoms with van der Waals surface area (Å²) in [6, 6.07) is 23.9. The van der Waals surface area contributed by atoms with Gasteiger partial charge in [-0.25, -0.2) is 0 Å². The first kappa shape index (κ1) is 33.6. The predicted molar refractivity (Wildman–Crippen MR) is 158 cm³/mol. The molecule has 0 heterocycles. The Morgan fingerprint density at radius 2 is 0.886 bits per heavy atom. The van der Waals surface area contributed by atoms with Crippen LogP contribution in [0, 0.1) is 68.0 Å². The monoisotopic (exact) mass is 586 g/mol. The zero-order valence-electron chi connectivity index (χ0n) is 24.1. The SMILES string of the molecule is CN(CCOC(=O)CCC(=O)OCCN(C)c1ccc(C(C#N)=C(C#N)C#N)cc1)c1ccc(C(C#N)=C(C#N)C#N)cc1. The summed E-state index contributed by atoms with van der Waals surface area (Å²) in [5, 5.41) is 54.6. The minimum absolute atomic E-state index is 0.00670. The van der Waals surface area contributed by atoms with Crippen LogP contribution in [0.3, 0.4) is 0 Å². The number of nitriles is 6. The van der Waals surface area contributed by atoms with Crippen molar-refractivity contribution < 1.29 is 19.1 Å². The quantitative estimate of drug-likeness (QED) is 0.243. The lowest BCUT2D eigenvalue weighted by molar-refractivity contribution is -0.150. The van der Waals surface area contributed by atoms with E-state index in [9.17, 15) is 20.1 Å². The fraction of sp³-hybridized carbons (Fsp3) is 0.250. The van der Waals surface area contributed by atoms with E-state index in [0.29, 0.717) is 24.2 Å². The molecule has 44 heavy (non-hydrogen) atoms. The van der Waals surface area contributed by atoms with Gasteiger partial charge in [0, 0.05) is 25.5 Å². The van der Waals surface area contributed by atoms with Crippen molar-refractivity contribution in [2.24, 2.45) is 0 Å². The van der Waals surface area contributed by atoms with E-state index in [-0.39, 0.29) is 48.3 Å². The maximum Gasteiger partial charge on any atom is 0.306 e. The van der Waals surface area contributed by atoms with Gasteiger partial charge in [-0.05, 0) is 35.4 Å². The lowest BCUT2D eigenvalue weighted by Crippen LogP contribution is -2.25. The summed E-state index contributed by atoms with van der Waals surface area (Å²) in [5.41, 5.74) is 1.87. The van der Waals surface area contributed by atoms with Crippen molar-refractivity contribution in [2.45, 2.75) is 12.8 Å². The van der Waals surface area contributed by atoms with Crippen molar-refractivity contribution in [3.63, 3.8) is 0 Å². The molecule has 0 atom stereocenters. The number of rotatable bonds is 13. The zero-order chi connectivity index (χ0) is 32.5. The molecule has 0 fully saturated rings. The lowest BCUT2D eigenvalue weighted by Gasteiger charge is -2.20. The van der Waals surface area contributed by atoms with E-state index in [1.807, 2.05) is 21.9 Å². The van der Waals surface area contributed by atoms with Gasteiger partial charge in [-0.15, -0.1) is 0 Å². The molecule has 218 valence electrons. The Labute approximate surface area is 255 Å². The summed E-state index contributed by atoms with van der Waals surface area (Å²) >= 11 is 0. The van der Waals surface area contributed by atoms with Crippen LogP contribution in [0.25, 0.3) is 11.1 Å². The summed E-state index contributed by atoms with van der Waals surface area (Å²) in [6.45, 7) is 0.868. The van der Waals surface area contributed by atoms with Crippen LogP contribution in [0.2, 0.25) is 0 Å². The summed E-state index contributed by atoms with van der Waals surface area (Å²) in [5.74, 6) is -1.09. The van der Waals surface area contributed by atoms with Crippen LogP contribution >= 0.6 is 0 Å². The summed E-state index contributed by atoms with van der Waals surface area (Å²) < 4.78 is 10.4. The molecule has 12 nitrogen and oxygen atoms in total. The third kappa shape index (κ3) is 9.50. The molecule has 2 aromatic carbocycles. The molecule has 0 saturated carbocycles. The Hall–Kier alpha value is -6.60. The van der Waals surface area contributed by atoms with E-state index >= 15 is 0 Å². The van der Waals surface area contributed by atoms with E-state index in [1.165, 1.54) is 0 Å². The van der Waals surface area contributed by atoms with E-state index in [0.717, 1.165) is 11.4 Å². The van der Waals surface area contributed by atoms with E-state index in [2.05, 4.69) is 0 Å². The first-order chi connectivity index (χ1) is 21.2. The average molecular weight is 587 g/mol. The Balaban J connectivity index is 1.73. The number of esters is 2. The highest BCUT2D eigenvalue weighted by molar-refractivity contribution is 5.85. The first-order valence-corrected chi connectivity index (χ1v) is 13.1. The number of nitrogens with zero attached hydrogens (tertiary/aromatic N) is 8. The minimum Gasteiger partial charge on any atom is -0.464 e. The molecule has 0 aliphatic carbocycles. The normalized spacial score (nSPS) is 9.27. The molecule has 0 saturated heterocycles. The van der Waals surface area contributed by atoms with Crippen LogP contribution in [0.4, 0.5) is 11.4 Å². The van der Waals surface area contributed by atoms with E-state index in [4.69, 9.17) is 30.5 Å². The van der Waals surface area contributed by atoms with Gasteiger partial charge in [-0.3, -0.25) is 9.59 Å². The van der Waals surface area contributed by atoms with Crippen LogP contribution in [-0.4, -0.2) is 52.3 Å². The predicted octanol–water partition coefficient (Wildman–Crippen LogP) is 3.77. The largest absolute Gasteiger partial charge is 0.464 e. The standard InChI is InChI=1S/C32H26N8O4/c1-39(27-7-3-23(4-8-27)29(21-37)25(17-33)18-34)13-15-43-31(41)11-12-32(42)44-16-14-40(2)28-9-5-24(6-10-28)30(22-38)26(19-35)20-36/h3-10H,11-16H2,1-2H3. The van der Waals surface area contributed by atoms with Gasteiger partial charge in [-0.1, -0.05) is 24.3 Å². The molecular formula is C32H26N8O4. The van der Waals surface area contributed by atoms with Gasteiger partial charge >= 0.3 is 11.9 Å². The fourth-order valence-corrected chi connectivity index (χ4v) is 3.77. The highest BCUT2D eigenvalue weighted by Gasteiger charge is 2.13. The fourth-order valence-electron chi connectivity index (χ4n) is 3.77. The Morgan fingerprint density at radius 3 is 1.16 bits per heavy atom. The van der Waals surface area contributed by atoms with Gasteiger partial charge in [0.15, 0.2) is 0 Å². The van der Waals surface area contributed by atoms with Crippen molar-refractivity contribution in [2.75, 3.05) is 50.2 Å². The van der Waals surface area contributed by atoms with Gasteiger partial charge < -0.3 is 19.3 Å². The van der Waals surface area contributed by atoms with Crippen molar-refractivity contribution >= 4 is 34.5 Å². The van der Waals surface area contributed by atoms with Crippen molar-refractivity contribution in [1.29, 1.82) is 31.6 Å². The third-order valence-corrected chi connectivity index (χ3v) is 6.28. The van der Waals surface area contributed by atoms with Crippen LogP contribution in [0.15, 0.2) is 59.7 Å². The molecular weight excluding hydrogens is 560 g/mol. The van der Waals surface area contributed by atoms with Crippen molar-refractivity contribution in [1.82, 2.24) is 0 Å². The number of likely N-dealkylation sites (N-methyl/N-ethyl adjacent to an activating group) is 2. The number of hydrogen-bond acceptors (Lipinski definition) is 12. The number of allylic oxidation sites excluding steroid dienone is 4. The summed E-state index contributed by atoms with van der Waals surface area (Å²) in [7, 11) is 3.56. The lowest BCUT2D eigenvalue weighted by atomic mass is 10.0. The van der Waals surface area contributed by atoms with Crippen LogP contribution in [-0.2, 0) is 19.1 Å². The molecule has 0 aliphatic rings. The van der Waals surface area contributed by atoms with Gasteiger partial charge in [0.05, 0.1) is 37.1 Å². The smallest absolute Gasteiger partial charge is 0.306 e. The second kappa shape index (κ2) is 17.3. The van der Waals surface area contributed by atoms with Crippen molar-refractivity contribution in [3.8, 4) is 36.4 Å². The number of benzene rings is 2. The molecule has 0 bridgehead atoms. The number of carbonyl (C=O) groups excluding carboxylic acids is 2. The number of carbonyl (C=O) groups is 2.